The summed E-state index contributed by atoms with van der Waals surface area (Å²) in [6.45, 7) is 2.77. The third kappa shape index (κ3) is 2.78. The van der Waals surface area contributed by atoms with E-state index in [1.165, 1.54) is 6.33 Å². The number of nitrogens with one attached hydrogen (secondary N) is 2. The lowest BCUT2D eigenvalue weighted by atomic mass is 10.2. The van der Waals surface area contributed by atoms with Crippen molar-refractivity contribution in [2.24, 2.45) is 0 Å². The van der Waals surface area contributed by atoms with Gasteiger partial charge in [0.15, 0.2) is 0 Å². The highest BCUT2D eigenvalue weighted by Crippen LogP contribution is 2.35. The van der Waals surface area contributed by atoms with Gasteiger partial charge in [0.2, 0.25) is 0 Å². The zero-order valence-corrected chi connectivity index (χ0v) is 14.1. The minimum Gasteiger partial charge on any atom is -0.369 e. The fourth-order valence-corrected chi connectivity index (χ4v) is 3.00. The van der Waals surface area contributed by atoms with Crippen molar-refractivity contribution in [2.75, 3.05) is 17.2 Å². The number of halogens is 2. The van der Waals surface area contributed by atoms with E-state index in [2.05, 4.69) is 45.3 Å². The van der Waals surface area contributed by atoms with Crippen LogP contribution in [-0.2, 0) is 0 Å². The number of fused-ring (bicyclic) bond motifs is 1. The third-order valence-corrected chi connectivity index (χ3v) is 4.36. The Balaban J connectivity index is 2.04. The molecule has 0 aliphatic rings. The molecule has 3 aromatic rings. The molecule has 2 heterocycles. The second-order valence-electron chi connectivity index (χ2n) is 4.09. The minimum atomic E-state index is 0.561. The largest absolute Gasteiger partial charge is 0.369 e. The van der Waals surface area contributed by atoms with E-state index in [9.17, 15) is 0 Å². The Morgan fingerprint density at radius 1 is 1.24 bits per heavy atom. The lowest BCUT2D eigenvalue weighted by Gasteiger charge is -2.12. The van der Waals surface area contributed by atoms with Crippen LogP contribution in [0.4, 0.5) is 17.3 Å². The Morgan fingerprint density at radius 3 is 2.86 bits per heavy atom. The Labute approximate surface area is 138 Å². The molecule has 0 amide bonds. The number of aromatic nitrogens is 4. The van der Waals surface area contributed by atoms with E-state index in [4.69, 9.17) is 11.6 Å². The van der Waals surface area contributed by atoms with Gasteiger partial charge in [-0.1, -0.05) is 11.6 Å². The molecule has 9 heteroatoms. The molecular formula is C12H10BrClN6S. The molecule has 2 N–H and O–H groups in total. The summed E-state index contributed by atoms with van der Waals surface area (Å²) in [6, 6.07) is 3.62. The van der Waals surface area contributed by atoms with Gasteiger partial charge in [-0.15, -0.1) is 0 Å². The van der Waals surface area contributed by atoms with Crippen molar-refractivity contribution in [1.82, 2.24) is 18.7 Å². The summed E-state index contributed by atoms with van der Waals surface area (Å²) in [7, 11) is 0. The average Bonchev–Trinajstić information content (AvgIpc) is 2.95. The summed E-state index contributed by atoms with van der Waals surface area (Å²) in [5.74, 6) is 1.33. The monoisotopic (exact) mass is 384 g/mol. The van der Waals surface area contributed by atoms with Crippen LogP contribution in [0.15, 0.2) is 22.9 Å². The predicted molar refractivity (Wildman–Crippen MR) is 89.6 cm³/mol. The second-order valence-corrected chi connectivity index (χ2v) is 5.82. The first kappa shape index (κ1) is 14.4. The summed E-state index contributed by atoms with van der Waals surface area (Å²) in [5, 5.41) is 6.92. The highest BCUT2D eigenvalue weighted by Gasteiger charge is 2.14. The zero-order chi connectivity index (χ0) is 14.8. The number of hydrogen-bond donors (Lipinski definition) is 2. The SMILES string of the molecule is CCNc1ncnc(Nc2c(Cl)ccc3nsnc23)c1Br. The average molecular weight is 386 g/mol. The molecule has 0 unspecified atom stereocenters. The maximum atomic E-state index is 6.26. The molecule has 1 aromatic carbocycles. The van der Waals surface area contributed by atoms with Crippen molar-refractivity contribution in [2.45, 2.75) is 6.92 Å². The molecule has 0 radical (unpaired) electrons. The number of benzene rings is 1. The van der Waals surface area contributed by atoms with Gasteiger partial charge in [-0.25, -0.2) is 9.97 Å². The molecule has 0 saturated heterocycles. The van der Waals surface area contributed by atoms with E-state index in [0.717, 1.165) is 39.6 Å². The Morgan fingerprint density at radius 2 is 2.05 bits per heavy atom. The van der Waals surface area contributed by atoms with Crippen molar-refractivity contribution < 1.29 is 0 Å². The molecule has 0 atom stereocenters. The van der Waals surface area contributed by atoms with Gasteiger partial charge in [0.25, 0.3) is 0 Å². The van der Waals surface area contributed by atoms with Gasteiger partial charge >= 0.3 is 0 Å². The molecule has 0 bridgehead atoms. The van der Waals surface area contributed by atoms with E-state index in [-0.39, 0.29) is 0 Å². The topological polar surface area (TPSA) is 75.6 Å². The van der Waals surface area contributed by atoms with Crippen LogP contribution < -0.4 is 10.6 Å². The van der Waals surface area contributed by atoms with Crippen LogP contribution in [0.5, 0.6) is 0 Å². The van der Waals surface area contributed by atoms with Crippen molar-refractivity contribution >= 4 is 67.6 Å². The highest BCUT2D eigenvalue weighted by molar-refractivity contribution is 9.10. The Hall–Kier alpha value is -1.51. The zero-order valence-electron chi connectivity index (χ0n) is 10.9. The van der Waals surface area contributed by atoms with E-state index in [1.807, 2.05) is 13.0 Å². The van der Waals surface area contributed by atoms with Gasteiger partial charge in [-0.2, -0.15) is 8.75 Å². The molecular weight excluding hydrogens is 376 g/mol. The fourth-order valence-electron chi connectivity index (χ4n) is 1.81. The molecule has 0 aliphatic heterocycles. The second kappa shape index (κ2) is 6.08. The molecule has 6 nitrogen and oxygen atoms in total. The van der Waals surface area contributed by atoms with Crippen LogP contribution in [-0.4, -0.2) is 25.3 Å². The van der Waals surface area contributed by atoms with Crippen molar-refractivity contribution in [3.8, 4) is 0 Å². The first-order valence-electron chi connectivity index (χ1n) is 6.13. The quantitative estimate of drug-likeness (QED) is 0.705. The molecule has 2 aromatic heterocycles. The molecule has 0 fully saturated rings. The summed E-state index contributed by atoms with van der Waals surface area (Å²) < 4.78 is 9.22. The number of hydrogen-bond acceptors (Lipinski definition) is 7. The lowest BCUT2D eigenvalue weighted by Crippen LogP contribution is -2.04. The van der Waals surface area contributed by atoms with Crippen LogP contribution in [0, 0.1) is 0 Å². The molecule has 21 heavy (non-hydrogen) atoms. The smallest absolute Gasteiger partial charge is 0.150 e. The van der Waals surface area contributed by atoms with Gasteiger partial charge < -0.3 is 10.6 Å². The van der Waals surface area contributed by atoms with Crippen molar-refractivity contribution in [1.29, 1.82) is 0 Å². The lowest BCUT2D eigenvalue weighted by molar-refractivity contribution is 1.10. The van der Waals surface area contributed by atoms with Crippen LogP contribution in [0.1, 0.15) is 6.92 Å². The number of anilines is 3. The van der Waals surface area contributed by atoms with Gasteiger partial charge in [0.1, 0.15) is 33.5 Å². The summed E-state index contributed by atoms with van der Waals surface area (Å²) in [4.78, 5) is 8.41. The van der Waals surface area contributed by atoms with Crippen LogP contribution in [0.3, 0.4) is 0 Å². The van der Waals surface area contributed by atoms with E-state index in [1.54, 1.807) is 6.07 Å². The molecule has 0 saturated carbocycles. The fraction of sp³-hybridized carbons (Fsp3) is 0.167. The first-order chi connectivity index (χ1) is 10.2. The molecule has 0 spiro atoms. The van der Waals surface area contributed by atoms with Crippen LogP contribution in [0.2, 0.25) is 5.02 Å². The van der Waals surface area contributed by atoms with Crippen molar-refractivity contribution in [3.05, 3.63) is 28.0 Å². The van der Waals surface area contributed by atoms with Gasteiger partial charge in [0, 0.05) is 6.54 Å². The van der Waals surface area contributed by atoms with E-state index >= 15 is 0 Å². The van der Waals surface area contributed by atoms with Gasteiger partial charge in [0.05, 0.1) is 22.4 Å². The Kier molecular flexibility index (Phi) is 4.18. The predicted octanol–water partition coefficient (Wildman–Crippen LogP) is 4.07. The summed E-state index contributed by atoms with van der Waals surface area (Å²) >= 11 is 10.9. The first-order valence-corrected chi connectivity index (χ1v) is 8.03. The third-order valence-electron chi connectivity index (χ3n) is 2.75. The summed E-state index contributed by atoms with van der Waals surface area (Å²) in [5.41, 5.74) is 2.21. The van der Waals surface area contributed by atoms with Gasteiger partial charge in [-0.3, -0.25) is 0 Å². The van der Waals surface area contributed by atoms with Crippen LogP contribution >= 0.6 is 39.3 Å². The highest BCUT2D eigenvalue weighted by atomic mass is 79.9. The molecule has 0 aliphatic carbocycles. The number of rotatable bonds is 4. The number of nitrogens with zero attached hydrogens (tertiary/aromatic N) is 4. The van der Waals surface area contributed by atoms with Gasteiger partial charge in [-0.05, 0) is 35.0 Å². The minimum absolute atomic E-state index is 0.561. The molecule has 3 rings (SSSR count). The Bertz CT molecular complexity index is 793. The van der Waals surface area contributed by atoms with E-state index in [0.29, 0.717) is 16.5 Å². The van der Waals surface area contributed by atoms with E-state index < -0.39 is 0 Å². The summed E-state index contributed by atoms with van der Waals surface area (Å²) in [6.07, 6.45) is 1.48. The maximum absolute atomic E-state index is 6.26. The van der Waals surface area contributed by atoms with Crippen molar-refractivity contribution in [3.63, 3.8) is 0 Å². The molecule has 108 valence electrons. The normalized spacial score (nSPS) is 10.8. The maximum Gasteiger partial charge on any atom is 0.150 e. The standard InChI is InChI=1S/C12H10BrClN6S/c1-2-15-11-8(13)12(17-5-16-11)18-9-6(14)3-4-7-10(9)20-21-19-7/h3-5H,2H2,1H3,(H2,15,16,17,18). The van der Waals surface area contributed by atoms with Crippen LogP contribution in [0.25, 0.3) is 11.0 Å².